The molecule has 2 aromatic rings. The van der Waals surface area contributed by atoms with E-state index in [4.69, 9.17) is 0 Å². The summed E-state index contributed by atoms with van der Waals surface area (Å²) in [7, 11) is 0. The molecule has 1 aliphatic rings. The standard InChI is InChI=1S/C13H17N5O/c1-10-4-11(6-14-5-10)8-18-3-2-13(19,9-18)12-7-15-17-16-12/h4-7,19H,2-3,8-9H2,1H3,(H,15,16,17). The van der Waals surface area contributed by atoms with Crippen molar-refractivity contribution in [2.24, 2.45) is 0 Å². The molecule has 1 saturated heterocycles. The second-order valence-corrected chi connectivity index (χ2v) is 5.22. The first-order valence-electron chi connectivity index (χ1n) is 6.37. The van der Waals surface area contributed by atoms with Crippen LogP contribution in [0.15, 0.2) is 24.7 Å². The normalized spacial score (nSPS) is 23.9. The fraction of sp³-hybridized carbons (Fsp3) is 0.462. The first-order chi connectivity index (χ1) is 9.16. The van der Waals surface area contributed by atoms with Gasteiger partial charge >= 0.3 is 0 Å². The number of hydrogen-bond donors (Lipinski definition) is 2. The van der Waals surface area contributed by atoms with Gasteiger partial charge in [-0.1, -0.05) is 6.07 Å². The second kappa shape index (κ2) is 4.71. The van der Waals surface area contributed by atoms with Gasteiger partial charge < -0.3 is 5.11 Å². The Bertz CT molecular complexity index is 556. The van der Waals surface area contributed by atoms with Crippen molar-refractivity contribution >= 4 is 0 Å². The zero-order chi connectivity index (χ0) is 13.3. The Balaban J connectivity index is 1.69. The summed E-state index contributed by atoms with van der Waals surface area (Å²) in [6.07, 6.45) is 6.00. The number of H-pyrrole nitrogens is 1. The predicted octanol–water partition coefficient (Wildman–Crippen LogP) is 0.602. The monoisotopic (exact) mass is 259 g/mol. The molecule has 0 aliphatic carbocycles. The molecule has 1 fully saturated rings. The maximum atomic E-state index is 10.6. The largest absolute Gasteiger partial charge is 0.382 e. The first kappa shape index (κ1) is 12.3. The maximum Gasteiger partial charge on any atom is 0.124 e. The Labute approximate surface area is 111 Å². The van der Waals surface area contributed by atoms with Gasteiger partial charge in [0.15, 0.2) is 0 Å². The predicted molar refractivity (Wildman–Crippen MR) is 69.1 cm³/mol. The van der Waals surface area contributed by atoms with Gasteiger partial charge in [-0.3, -0.25) is 9.88 Å². The third-order valence-corrected chi connectivity index (χ3v) is 3.56. The van der Waals surface area contributed by atoms with Gasteiger partial charge in [-0.15, -0.1) is 0 Å². The van der Waals surface area contributed by atoms with Crippen LogP contribution in [0.25, 0.3) is 0 Å². The lowest BCUT2D eigenvalue weighted by Gasteiger charge is -2.21. The lowest BCUT2D eigenvalue weighted by atomic mass is 10.00. The van der Waals surface area contributed by atoms with Gasteiger partial charge in [-0.2, -0.15) is 15.4 Å². The van der Waals surface area contributed by atoms with Crippen molar-refractivity contribution in [1.82, 2.24) is 25.3 Å². The zero-order valence-electron chi connectivity index (χ0n) is 10.9. The van der Waals surface area contributed by atoms with Crippen molar-refractivity contribution in [2.45, 2.75) is 25.5 Å². The molecule has 1 unspecified atom stereocenters. The molecule has 0 saturated carbocycles. The van der Waals surface area contributed by atoms with Gasteiger partial charge in [0.2, 0.25) is 0 Å². The van der Waals surface area contributed by atoms with E-state index in [0.717, 1.165) is 18.7 Å². The third-order valence-electron chi connectivity index (χ3n) is 3.56. The highest BCUT2D eigenvalue weighted by molar-refractivity contribution is 5.17. The first-order valence-corrected chi connectivity index (χ1v) is 6.37. The van der Waals surface area contributed by atoms with Crippen LogP contribution in [-0.2, 0) is 12.1 Å². The molecule has 0 amide bonds. The fourth-order valence-corrected chi connectivity index (χ4v) is 2.60. The average molecular weight is 259 g/mol. The molecule has 6 heteroatoms. The van der Waals surface area contributed by atoms with Gasteiger partial charge in [0.1, 0.15) is 11.3 Å². The average Bonchev–Trinajstić information content (AvgIpc) is 3.00. The molecule has 0 bridgehead atoms. The van der Waals surface area contributed by atoms with E-state index in [0.29, 0.717) is 18.7 Å². The summed E-state index contributed by atoms with van der Waals surface area (Å²) in [5, 5.41) is 20.9. The highest BCUT2D eigenvalue weighted by atomic mass is 16.3. The molecule has 19 heavy (non-hydrogen) atoms. The molecule has 3 heterocycles. The minimum Gasteiger partial charge on any atom is -0.382 e. The van der Waals surface area contributed by atoms with E-state index in [2.05, 4.69) is 31.4 Å². The van der Waals surface area contributed by atoms with Crippen LogP contribution in [0.2, 0.25) is 0 Å². The molecule has 2 N–H and O–H groups in total. The quantitative estimate of drug-likeness (QED) is 0.844. The second-order valence-electron chi connectivity index (χ2n) is 5.22. The van der Waals surface area contributed by atoms with E-state index in [1.165, 1.54) is 5.56 Å². The van der Waals surface area contributed by atoms with E-state index in [1.807, 2.05) is 19.3 Å². The van der Waals surface area contributed by atoms with Gasteiger partial charge in [0.05, 0.1) is 6.20 Å². The number of aromatic amines is 1. The van der Waals surface area contributed by atoms with E-state index in [-0.39, 0.29) is 0 Å². The minimum absolute atomic E-state index is 0.577. The van der Waals surface area contributed by atoms with Crippen molar-refractivity contribution in [3.63, 3.8) is 0 Å². The molecular formula is C13H17N5O. The number of aromatic nitrogens is 4. The Hall–Kier alpha value is -1.79. The van der Waals surface area contributed by atoms with Crippen molar-refractivity contribution < 1.29 is 5.11 Å². The van der Waals surface area contributed by atoms with Gasteiger partial charge in [0.25, 0.3) is 0 Å². The van der Waals surface area contributed by atoms with Crippen LogP contribution < -0.4 is 0 Å². The molecule has 1 aliphatic heterocycles. The maximum absolute atomic E-state index is 10.6. The topological polar surface area (TPSA) is 77.9 Å². The van der Waals surface area contributed by atoms with E-state index < -0.39 is 5.60 Å². The molecule has 3 rings (SSSR count). The van der Waals surface area contributed by atoms with Crippen LogP contribution in [0.1, 0.15) is 23.2 Å². The van der Waals surface area contributed by atoms with E-state index in [9.17, 15) is 5.11 Å². The minimum atomic E-state index is -0.885. The highest BCUT2D eigenvalue weighted by Gasteiger charge is 2.39. The summed E-state index contributed by atoms with van der Waals surface area (Å²) < 4.78 is 0. The number of aliphatic hydroxyl groups is 1. The molecule has 6 nitrogen and oxygen atoms in total. The molecule has 0 spiro atoms. The molecular weight excluding hydrogens is 242 g/mol. The lowest BCUT2D eigenvalue weighted by Crippen LogP contribution is -2.31. The van der Waals surface area contributed by atoms with Crippen LogP contribution in [0.3, 0.4) is 0 Å². The Kier molecular flexibility index (Phi) is 3.04. The zero-order valence-corrected chi connectivity index (χ0v) is 10.9. The summed E-state index contributed by atoms with van der Waals surface area (Å²) >= 11 is 0. The summed E-state index contributed by atoms with van der Waals surface area (Å²) in [5.41, 5.74) is 2.06. The van der Waals surface area contributed by atoms with Gasteiger partial charge in [0, 0.05) is 32.0 Å². The number of pyridine rings is 1. The smallest absolute Gasteiger partial charge is 0.124 e. The number of nitrogens with zero attached hydrogens (tertiary/aromatic N) is 4. The molecule has 2 aromatic heterocycles. The number of nitrogens with one attached hydrogen (secondary N) is 1. The van der Waals surface area contributed by atoms with Crippen molar-refractivity contribution in [2.75, 3.05) is 13.1 Å². The highest BCUT2D eigenvalue weighted by Crippen LogP contribution is 2.30. The van der Waals surface area contributed by atoms with E-state index >= 15 is 0 Å². The Morgan fingerprint density at radius 2 is 2.32 bits per heavy atom. The molecule has 0 aromatic carbocycles. The van der Waals surface area contributed by atoms with Gasteiger partial charge in [-0.25, -0.2) is 0 Å². The number of hydrogen-bond acceptors (Lipinski definition) is 5. The molecule has 1 atom stereocenters. The number of β-amino-alcohol motifs (C(OH)–C–C–N with tert-alkyl or cyclic N) is 1. The number of likely N-dealkylation sites (tertiary alicyclic amines) is 1. The summed E-state index contributed by atoms with van der Waals surface area (Å²) in [6, 6.07) is 2.13. The summed E-state index contributed by atoms with van der Waals surface area (Å²) in [6.45, 7) is 4.26. The van der Waals surface area contributed by atoms with Crippen molar-refractivity contribution in [3.05, 3.63) is 41.5 Å². The third kappa shape index (κ3) is 2.50. The summed E-state index contributed by atoms with van der Waals surface area (Å²) in [5.74, 6) is 0. The SMILES string of the molecule is Cc1cncc(CN2CCC(O)(c3cn[nH]n3)C2)c1. The molecule has 100 valence electrons. The van der Waals surface area contributed by atoms with E-state index in [1.54, 1.807) is 6.20 Å². The lowest BCUT2D eigenvalue weighted by molar-refractivity contribution is 0.0408. The fourth-order valence-electron chi connectivity index (χ4n) is 2.60. The van der Waals surface area contributed by atoms with Crippen LogP contribution >= 0.6 is 0 Å². The Morgan fingerprint density at radius 3 is 3.05 bits per heavy atom. The Morgan fingerprint density at radius 1 is 1.42 bits per heavy atom. The van der Waals surface area contributed by atoms with Crippen LogP contribution in [0, 0.1) is 6.92 Å². The van der Waals surface area contributed by atoms with Crippen LogP contribution in [0.5, 0.6) is 0 Å². The summed E-state index contributed by atoms with van der Waals surface area (Å²) in [4.78, 5) is 6.41. The number of aryl methyl sites for hydroxylation is 1. The van der Waals surface area contributed by atoms with Crippen molar-refractivity contribution in [3.8, 4) is 0 Å². The van der Waals surface area contributed by atoms with Crippen LogP contribution in [-0.4, -0.2) is 43.5 Å². The van der Waals surface area contributed by atoms with Crippen LogP contribution in [0.4, 0.5) is 0 Å². The van der Waals surface area contributed by atoms with Crippen molar-refractivity contribution in [1.29, 1.82) is 0 Å². The number of rotatable bonds is 3. The molecule has 0 radical (unpaired) electrons. The van der Waals surface area contributed by atoms with Gasteiger partial charge in [-0.05, 0) is 24.5 Å².